The van der Waals surface area contributed by atoms with Crippen LogP contribution in [0.3, 0.4) is 0 Å². The normalized spacial score (nSPS) is 11.9. The summed E-state index contributed by atoms with van der Waals surface area (Å²) < 4.78 is 31.6. The van der Waals surface area contributed by atoms with Crippen LogP contribution in [0.1, 0.15) is 22.0 Å². The molecule has 1 amide bonds. The Bertz CT molecular complexity index is 724. The molecule has 0 aliphatic heterocycles. The minimum absolute atomic E-state index is 0.0261. The maximum absolute atomic E-state index is 13.5. The third-order valence-corrected chi connectivity index (χ3v) is 3.50. The first-order valence-electron chi connectivity index (χ1n) is 6.67. The van der Waals surface area contributed by atoms with Crippen molar-refractivity contribution < 1.29 is 23.4 Å². The molecule has 1 unspecified atom stereocenters. The fourth-order valence-electron chi connectivity index (χ4n) is 1.94. The molecule has 2 N–H and O–H groups in total. The van der Waals surface area contributed by atoms with Gasteiger partial charge in [0.15, 0.2) is 11.6 Å². The maximum atomic E-state index is 13.5. The lowest BCUT2D eigenvalue weighted by atomic mass is 10.1. The first-order valence-corrected chi connectivity index (χ1v) is 7.05. The average Bonchev–Trinajstić information content (AvgIpc) is 2.54. The minimum atomic E-state index is -1.12. The second-order valence-electron chi connectivity index (χ2n) is 4.75. The number of methoxy groups -OCH3 is 1. The Balaban J connectivity index is 2.00. The molecular formula is C16H14ClF2NO3. The van der Waals surface area contributed by atoms with Crippen molar-refractivity contribution in [3.8, 4) is 5.75 Å². The van der Waals surface area contributed by atoms with Crippen LogP contribution in [0, 0.1) is 11.6 Å². The number of aliphatic hydroxyl groups is 1. The van der Waals surface area contributed by atoms with Crippen LogP contribution in [-0.4, -0.2) is 24.7 Å². The average molecular weight is 342 g/mol. The molecule has 0 saturated carbocycles. The number of aliphatic hydroxyl groups excluding tert-OH is 1. The molecule has 0 bridgehead atoms. The summed E-state index contributed by atoms with van der Waals surface area (Å²) in [7, 11) is 1.32. The number of hydrogen-bond donors (Lipinski definition) is 2. The van der Waals surface area contributed by atoms with Gasteiger partial charge in [0.2, 0.25) is 0 Å². The van der Waals surface area contributed by atoms with Gasteiger partial charge in [-0.2, -0.15) is 0 Å². The number of carbonyl (C=O) groups excluding carboxylic acids is 1. The minimum Gasteiger partial charge on any atom is -0.494 e. The molecule has 2 rings (SSSR count). The number of amides is 1. The van der Waals surface area contributed by atoms with E-state index in [4.69, 9.17) is 16.3 Å². The van der Waals surface area contributed by atoms with Crippen LogP contribution in [0.2, 0.25) is 5.02 Å². The van der Waals surface area contributed by atoms with Gasteiger partial charge in [-0.15, -0.1) is 0 Å². The summed E-state index contributed by atoms with van der Waals surface area (Å²) in [6.45, 7) is -0.159. The van der Waals surface area contributed by atoms with Gasteiger partial charge in [0.25, 0.3) is 5.91 Å². The zero-order chi connectivity index (χ0) is 17.0. The number of benzene rings is 2. The number of ether oxygens (including phenoxy) is 1. The molecule has 0 fully saturated rings. The molecule has 1 atom stereocenters. The van der Waals surface area contributed by atoms with Crippen LogP contribution >= 0.6 is 11.6 Å². The molecule has 0 aliphatic rings. The second-order valence-corrected chi connectivity index (χ2v) is 5.16. The van der Waals surface area contributed by atoms with Crippen molar-refractivity contribution in [3.63, 3.8) is 0 Å². The predicted octanol–water partition coefficient (Wildman–Crippen LogP) is 3.09. The summed E-state index contributed by atoms with van der Waals surface area (Å²) in [6, 6.07) is 7.61. The van der Waals surface area contributed by atoms with E-state index in [1.165, 1.54) is 31.4 Å². The Morgan fingerprint density at radius 1 is 1.26 bits per heavy atom. The third kappa shape index (κ3) is 4.18. The summed E-state index contributed by atoms with van der Waals surface area (Å²) >= 11 is 5.56. The summed E-state index contributed by atoms with van der Waals surface area (Å²) in [4.78, 5) is 11.9. The Morgan fingerprint density at radius 2 is 2.00 bits per heavy atom. The summed E-state index contributed by atoms with van der Waals surface area (Å²) in [5, 5.41) is 12.3. The van der Waals surface area contributed by atoms with Crippen molar-refractivity contribution in [2.45, 2.75) is 6.10 Å². The molecule has 23 heavy (non-hydrogen) atoms. The molecule has 0 aliphatic carbocycles. The van der Waals surface area contributed by atoms with E-state index in [-0.39, 0.29) is 28.4 Å². The molecule has 2 aromatic rings. The van der Waals surface area contributed by atoms with Gasteiger partial charge >= 0.3 is 0 Å². The van der Waals surface area contributed by atoms with Crippen molar-refractivity contribution >= 4 is 17.5 Å². The van der Waals surface area contributed by atoms with Crippen LogP contribution in [0.5, 0.6) is 5.75 Å². The van der Waals surface area contributed by atoms with Crippen molar-refractivity contribution in [2.75, 3.05) is 13.7 Å². The highest BCUT2D eigenvalue weighted by Crippen LogP contribution is 2.20. The first-order chi connectivity index (χ1) is 10.9. The lowest BCUT2D eigenvalue weighted by Crippen LogP contribution is -2.28. The van der Waals surface area contributed by atoms with Crippen molar-refractivity contribution in [1.82, 2.24) is 5.32 Å². The van der Waals surface area contributed by atoms with Gasteiger partial charge in [-0.1, -0.05) is 17.7 Å². The molecule has 2 aromatic carbocycles. The summed E-state index contributed by atoms with van der Waals surface area (Å²) in [6.07, 6.45) is -1.12. The SMILES string of the molecule is COc1ccc(C(=O)NCC(O)c2ccc(Cl)c(F)c2)cc1F. The van der Waals surface area contributed by atoms with E-state index in [2.05, 4.69) is 5.32 Å². The third-order valence-electron chi connectivity index (χ3n) is 3.20. The van der Waals surface area contributed by atoms with Crippen molar-refractivity contribution in [2.24, 2.45) is 0 Å². The van der Waals surface area contributed by atoms with Gasteiger partial charge in [0, 0.05) is 12.1 Å². The quantitative estimate of drug-likeness (QED) is 0.878. The van der Waals surface area contributed by atoms with Crippen LogP contribution in [0.4, 0.5) is 8.78 Å². The molecule has 4 nitrogen and oxygen atoms in total. The number of carbonyl (C=O) groups is 1. The number of halogens is 3. The fraction of sp³-hybridized carbons (Fsp3) is 0.188. The highest BCUT2D eigenvalue weighted by molar-refractivity contribution is 6.30. The Morgan fingerprint density at radius 3 is 2.61 bits per heavy atom. The molecule has 122 valence electrons. The van der Waals surface area contributed by atoms with E-state index in [9.17, 15) is 18.7 Å². The standard InChI is InChI=1S/C16H14ClF2NO3/c1-23-15-5-3-10(7-13(15)19)16(22)20-8-14(21)9-2-4-11(17)12(18)6-9/h2-7,14,21H,8H2,1H3,(H,20,22). The van der Waals surface area contributed by atoms with E-state index in [0.29, 0.717) is 0 Å². The van der Waals surface area contributed by atoms with Gasteiger partial charge in [-0.05, 0) is 35.9 Å². The first kappa shape index (κ1) is 17.2. The largest absolute Gasteiger partial charge is 0.494 e. The molecule has 7 heteroatoms. The van der Waals surface area contributed by atoms with E-state index < -0.39 is 23.6 Å². The number of hydrogen-bond acceptors (Lipinski definition) is 3. The van der Waals surface area contributed by atoms with Crippen LogP contribution in [0.25, 0.3) is 0 Å². The summed E-state index contributed by atoms with van der Waals surface area (Å²) in [5.74, 6) is -1.87. The molecule has 0 spiro atoms. The molecule has 0 aromatic heterocycles. The van der Waals surface area contributed by atoms with E-state index in [1.807, 2.05) is 0 Å². The number of nitrogens with one attached hydrogen (secondary N) is 1. The lowest BCUT2D eigenvalue weighted by molar-refractivity contribution is 0.0915. The van der Waals surface area contributed by atoms with Gasteiger partial charge in [-0.3, -0.25) is 4.79 Å². The number of rotatable bonds is 5. The van der Waals surface area contributed by atoms with Crippen LogP contribution in [-0.2, 0) is 0 Å². The molecule has 0 heterocycles. The highest BCUT2D eigenvalue weighted by Gasteiger charge is 2.14. The van der Waals surface area contributed by atoms with E-state index in [1.54, 1.807) is 0 Å². The Hall–Kier alpha value is -2.18. The lowest BCUT2D eigenvalue weighted by Gasteiger charge is -2.13. The van der Waals surface area contributed by atoms with Crippen molar-refractivity contribution in [3.05, 3.63) is 64.2 Å². The zero-order valence-electron chi connectivity index (χ0n) is 12.1. The fourth-order valence-corrected chi connectivity index (χ4v) is 2.05. The van der Waals surface area contributed by atoms with Crippen LogP contribution < -0.4 is 10.1 Å². The topological polar surface area (TPSA) is 58.6 Å². The van der Waals surface area contributed by atoms with Gasteiger partial charge in [0.1, 0.15) is 5.82 Å². The molecular weight excluding hydrogens is 328 g/mol. The molecule has 0 radical (unpaired) electrons. The molecule has 0 saturated heterocycles. The van der Waals surface area contributed by atoms with Crippen LogP contribution in [0.15, 0.2) is 36.4 Å². The predicted molar refractivity (Wildman–Crippen MR) is 81.7 cm³/mol. The van der Waals surface area contributed by atoms with Gasteiger partial charge in [-0.25, -0.2) is 8.78 Å². The Labute approximate surface area is 136 Å². The van der Waals surface area contributed by atoms with E-state index in [0.717, 1.165) is 12.1 Å². The smallest absolute Gasteiger partial charge is 0.251 e. The second kappa shape index (κ2) is 7.39. The Kier molecular flexibility index (Phi) is 5.52. The monoisotopic (exact) mass is 341 g/mol. The van der Waals surface area contributed by atoms with Gasteiger partial charge in [0.05, 0.1) is 18.2 Å². The highest BCUT2D eigenvalue weighted by atomic mass is 35.5. The van der Waals surface area contributed by atoms with Gasteiger partial charge < -0.3 is 15.2 Å². The van der Waals surface area contributed by atoms with E-state index >= 15 is 0 Å². The van der Waals surface area contributed by atoms with Crippen molar-refractivity contribution in [1.29, 1.82) is 0 Å². The summed E-state index contributed by atoms with van der Waals surface area (Å²) in [5.41, 5.74) is 0.353. The zero-order valence-corrected chi connectivity index (χ0v) is 12.9. The maximum Gasteiger partial charge on any atom is 0.251 e.